The molecular formula is C33H49NO5. The number of carbonyl (C=O) groups excluding carboxylic acids is 2. The highest BCUT2D eigenvalue weighted by Gasteiger charge is 2.60. The zero-order valence-electron chi connectivity index (χ0n) is 24.2. The van der Waals surface area contributed by atoms with E-state index in [0.29, 0.717) is 12.8 Å². The Hall–Kier alpha value is -3.15. The van der Waals surface area contributed by atoms with Crippen LogP contribution in [-0.2, 0) is 19.1 Å². The summed E-state index contributed by atoms with van der Waals surface area (Å²) in [4.78, 5) is 35.4. The third kappa shape index (κ3) is 15.1. The third-order valence-corrected chi connectivity index (χ3v) is 6.81. The molecule has 1 fully saturated rings. The van der Waals surface area contributed by atoms with Gasteiger partial charge in [-0.15, -0.1) is 0 Å². The summed E-state index contributed by atoms with van der Waals surface area (Å²) >= 11 is 0. The van der Waals surface area contributed by atoms with Gasteiger partial charge in [-0.1, -0.05) is 93.7 Å². The molecule has 0 atom stereocenters. The summed E-state index contributed by atoms with van der Waals surface area (Å²) in [7, 11) is 0. The summed E-state index contributed by atoms with van der Waals surface area (Å²) < 4.78 is 5.48. The van der Waals surface area contributed by atoms with Crippen LogP contribution < -0.4 is 5.32 Å². The Labute approximate surface area is 235 Å². The lowest BCUT2D eigenvalue weighted by molar-refractivity contribution is -0.151. The molecule has 1 amide bonds. The zero-order chi connectivity index (χ0) is 28.8. The van der Waals surface area contributed by atoms with E-state index in [0.717, 1.165) is 51.4 Å². The van der Waals surface area contributed by atoms with Crippen molar-refractivity contribution in [2.75, 3.05) is 13.2 Å². The van der Waals surface area contributed by atoms with Crippen LogP contribution in [0.2, 0.25) is 0 Å². The third-order valence-electron chi connectivity index (χ3n) is 6.81. The lowest BCUT2D eigenvalue weighted by Crippen LogP contribution is -2.44. The van der Waals surface area contributed by atoms with Gasteiger partial charge < -0.3 is 15.2 Å². The first-order valence-electron chi connectivity index (χ1n) is 14.3. The number of hydrogen-bond donors (Lipinski definition) is 2. The van der Waals surface area contributed by atoms with Crippen molar-refractivity contribution in [2.24, 2.45) is 10.8 Å². The molecule has 1 aliphatic carbocycles. The van der Waals surface area contributed by atoms with E-state index in [-0.39, 0.29) is 31.4 Å². The highest BCUT2D eigenvalue weighted by Crippen LogP contribution is 2.58. The molecule has 0 bridgehead atoms. The number of amides is 1. The van der Waals surface area contributed by atoms with Crippen LogP contribution in [0.15, 0.2) is 72.9 Å². The number of carboxylic acids is 1. The fraction of sp³-hybridized carbons (Fsp3) is 0.545. The summed E-state index contributed by atoms with van der Waals surface area (Å²) in [6, 6.07) is 0. The molecule has 39 heavy (non-hydrogen) atoms. The Kier molecular flexibility index (Phi) is 17.2. The van der Waals surface area contributed by atoms with Crippen LogP contribution in [-0.4, -0.2) is 36.1 Å². The minimum absolute atomic E-state index is 0.105. The summed E-state index contributed by atoms with van der Waals surface area (Å²) in [5.74, 6) is -1.37. The standard InChI is InChI=1S/C33H49NO5/c1-4-5-6-7-8-9-10-11-12-13-14-15-16-17-18-19-20-21-22-23-30(37)39-28-32(2,3)33(25-26-33)31(38)34-27-24-29(35)36/h5-6,8-9,11-12,14-15,17-18,20-21H,4,7,10,13,16,19,22-28H2,1-3H3,(H,34,38)(H,35,36)/b6-5-,9-8-,12-11-,15-14-,18-17-,21-20-. The van der Waals surface area contributed by atoms with Gasteiger partial charge in [0.2, 0.25) is 5.91 Å². The molecule has 216 valence electrons. The van der Waals surface area contributed by atoms with E-state index in [9.17, 15) is 14.4 Å². The van der Waals surface area contributed by atoms with E-state index in [1.54, 1.807) is 0 Å². The molecule has 1 rings (SSSR count). The van der Waals surface area contributed by atoms with Gasteiger partial charge in [0.25, 0.3) is 0 Å². The molecule has 0 aliphatic heterocycles. The van der Waals surface area contributed by atoms with E-state index >= 15 is 0 Å². The highest BCUT2D eigenvalue weighted by atomic mass is 16.5. The van der Waals surface area contributed by atoms with Crippen LogP contribution >= 0.6 is 0 Å². The van der Waals surface area contributed by atoms with Crippen LogP contribution in [0.5, 0.6) is 0 Å². The van der Waals surface area contributed by atoms with Crippen LogP contribution in [0.1, 0.15) is 91.4 Å². The topological polar surface area (TPSA) is 92.7 Å². The quantitative estimate of drug-likeness (QED) is 0.117. The van der Waals surface area contributed by atoms with Crippen LogP contribution in [0.25, 0.3) is 0 Å². The largest absolute Gasteiger partial charge is 0.481 e. The second-order valence-electron chi connectivity index (χ2n) is 10.5. The van der Waals surface area contributed by atoms with E-state index in [1.165, 1.54) is 0 Å². The number of allylic oxidation sites excluding steroid dienone is 12. The number of ether oxygens (including phenoxy) is 1. The van der Waals surface area contributed by atoms with Gasteiger partial charge in [0.1, 0.15) is 0 Å². The molecule has 0 saturated heterocycles. The Bertz CT molecular complexity index is 916. The van der Waals surface area contributed by atoms with Crippen LogP contribution in [0.3, 0.4) is 0 Å². The SMILES string of the molecule is CC/C=C\C/C=C\C/C=C\C/C=C\C/C=C\C/C=C\CCC(=O)OCC(C)(C)C1(C(=O)NCCC(=O)O)CC1. The van der Waals surface area contributed by atoms with Crippen molar-refractivity contribution in [3.8, 4) is 0 Å². The van der Waals surface area contributed by atoms with Crippen molar-refractivity contribution in [1.82, 2.24) is 5.32 Å². The Morgan fingerprint density at radius 1 is 0.769 bits per heavy atom. The normalized spacial score (nSPS) is 15.5. The first-order valence-corrected chi connectivity index (χ1v) is 14.3. The second kappa shape index (κ2) is 19.9. The molecule has 0 heterocycles. The summed E-state index contributed by atoms with van der Waals surface area (Å²) in [5.41, 5.74) is -1.10. The molecule has 0 aromatic heterocycles. The van der Waals surface area contributed by atoms with Gasteiger partial charge in [0.05, 0.1) is 18.4 Å². The number of rotatable bonds is 21. The number of carbonyl (C=O) groups is 3. The van der Waals surface area contributed by atoms with Crippen LogP contribution in [0, 0.1) is 10.8 Å². The lowest BCUT2D eigenvalue weighted by atomic mass is 9.75. The molecule has 1 aliphatic rings. The molecule has 6 heteroatoms. The average Bonchev–Trinajstić information content (AvgIpc) is 3.72. The van der Waals surface area contributed by atoms with Gasteiger partial charge in [-0.25, -0.2) is 0 Å². The number of nitrogens with one attached hydrogen (secondary N) is 1. The van der Waals surface area contributed by atoms with Crippen molar-refractivity contribution in [2.45, 2.75) is 91.4 Å². The monoisotopic (exact) mass is 539 g/mol. The molecule has 6 nitrogen and oxygen atoms in total. The van der Waals surface area contributed by atoms with E-state index < -0.39 is 16.8 Å². The molecule has 2 N–H and O–H groups in total. The van der Waals surface area contributed by atoms with Crippen molar-refractivity contribution in [3.63, 3.8) is 0 Å². The molecule has 0 radical (unpaired) electrons. The van der Waals surface area contributed by atoms with Crippen molar-refractivity contribution in [3.05, 3.63) is 72.9 Å². The van der Waals surface area contributed by atoms with Crippen LogP contribution in [0.4, 0.5) is 0 Å². The second-order valence-corrected chi connectivity index (χ2v) is 10.5. The maximum Gasteiger partial charge on any atom is 0.306 e. The van der Waals surface area contributed by atoms with E-state index in [1.807, 2.05) is 26.0 Å². The summed E-state index contributed by atoms with van der Waals surface area (Å²) in [6.45, 7) is 6.27. The maximum atomic E-state index is 12.6. The minimum atomic E-state index is -0.944. The fourth-order valence-corrected chi connectivity index (χ4v) is 4.10. The molecule has 0 unspecified atom stereocenters. The smallest absolute Gasteiger partial charge is 0.306 e. The van der Waals surface area contributed by atoms with Gasteiger partial charge in [-0.05, 0) is 57.8 Å². The average molecular weight is 540 g/mol. The minimum Gasteiger partial charge on any atom is -0.481 e. The number of aliphatic carboxylic acids is 1. The Balaban J connectivity index is 2.13. The summed E-state index contributed by atoms with van der Waals surface area (Å²) in [5, 5.41) is 11.5. The first kappa shape index (κ1) is 33.9. The first-order chi connectivity index (χ1) is 18.7. The lowest BCUT2D eigenvalue weighted by Gasteiger charge is -2.33. The van der Waals surface area contributed by atoms with Gasteiger partial charge in [0, 0.05) is 18.4 Å². The number of carboxylic acid groups (broad SMARTS) is 1. The molecule has 0 aromatic carbocycles. The van der Waals surface area contributed by atoms with Crippen molar-refractivity contribution >= 4 is 17.8 Å². The van der Waals surface area contributed by atoms with Gasteiger partial charge in [0.15, 0.2) is 0 Å². The highest BCUT2D eigenvalue weighted by molar-refractivity contribution is 5.86. The fourth-order valence-electron chi connectivity index (χ4n) is 4.10. The van der Waals surface area contributed by atoms with E-state index in [4.69, 9.17) is 9.84 Å². The van der Waals surface area contributed by atoms with Crippen molar-refractivity contribution in [1.29, 1.82) is 0 Å². The van der Waals surface area contributed by atoms with Gasteiger partial charge >= 0.3 is 11.9 Å². The number of hydrogen-bond acceptors (Lipinski definition) is 4. The Morgan fingerprint density at radius 3 is 1.67 bits per heavy atom. The predicted molar refractivity (Wildman–Crippen MR) is 159 cm³/mol. The van der Waals surface area contributed by atoms with Gasteiger partial charge in [-0.3, -0.25) is 14.4 Å². The molecule has 0 spiro atoms. The number of esters is 1. The maximum absolute atomic E-state index is 12.6. The van der Waals surface area contributed by atoms with E-state index in [2.05, 4.69) is 73.0 Å². The molecular weight excluding hydrogens is 490 g/mol. The summed E-state index contributed by atoms with van der Waals surface area (Å²) in [6.07, 6.45) is 33.8. The zero-order valence-corrected chi connectivity index (χ0v) is 24.2. The van der Waals surface area contributed by atoms with Crippen molar-refractivity contribution < 1.29 is 24.2 Å². The molecule has 1 saturated carbocycles. The predicted octanol–water partition coefficient (Wildman–Crippen LogP) is 7.40. The Morgan fingerprint density at radius 2 is 1.23 bits per heavy atom. The molecule has 0 aromatic rings. The van der Waals surface area contributed by atoms with Gasteiger partial charge in [-0.2, -0.15) is 0 Å².